The van der Waals surface area contributed by atoms with Crippen molar-refractivity contribution in [1.29, 1.82) is 0 Å². The lowest BCUT2D eigenvalue weighted by Crippen LogP contribution is -2.51. The quantitative estimate of drug-likeness (QED) is 0.283. The molecule has 0 aliphatic heterocycles. The summed E-state index contributed by atoms with van der Waals surface area (Å²) in [5, 5.41) is 10.7. The molecule has 0 radical (unpaired) electrons. The first kappa shape index (κ1) is 20.1. The number of carbonyl (C=O) groups is 1. The summed E-state index contributed by atoms with van der Waals surface area (Å²) in [6.07, 6.45) is 0.0250. The summed E-state index contributed by atoms with van der Waals surface area (Å²) in [6.45, 7) is 12.1. The molecular formula is C17H27N3O4. The first-order valence-corrected chi connectivity index (χ1v) is 8.38. The number of esters is 1. The van der Waals surface area contributed by atoms with Gasteiger partial charge in [-0.2, -0.15) is 0 Å². The maximum atomic E-state index is 12.2. The minimum atomic E-state index is -0.494. The molecule has 7 heteroatoms. The third-order valence-corrected chi connectivity index (χ3v) is 4.15. The standard InChI is InChI=1S/C17H27N3O4/c1-5-18(6-2)16(19(7-3)8-4)13-24-17(21)14-9-11-15(12-10-14)20(22)23/h9-12,16H,5-8,13H2,1-4H3. The highest BCUT2D eigenvalue weighted by Crippen LogP contribution is 2.14. The number of ether oxygens (including phenoxy) is 1. The van der Waals surface area contributed by atoms with Crippen LogP contribution in [0.1, 0.15) is 38.1 Å². The van der Waals surface area contributed by atoms with E-state index >= 15 is 0 Å². The Morgan fingerprint density at radius 2 is 1.50 bits per heavy atom. The van der Waals surface area contributed by atoms with Crippen molar-refractivity contribution in [2.75, 3.05) is 32.8 Å². The number of rotatable bonds is 10. The van der Waals surface area contributed by atoms with Crippen molar-refractivity contribution in [2.45, 2.75) is 33.9 Å². The molecule has 0 unspecified atom stereocenters. The Morgan fingerprint density at radius 3 is 1.88 bits per heavy atom. The van der Waals surface area contributed by atoms with Crippen LogP contribution in [0, 0.1) is 10.1 Å². The Kier molecular flexibility index (Phi) is 8.35. The van der Waals surface area contributed by atoms with E-state index in [-0.39, 0.29) is 18.5 Å². The first-order valence-electron chi connectivity index (χ1n) is 8.38. The van der Waals surface area contributed by atoms with Crippen LogP contribution >= 0.6 is 0 Å². The van der Waals surface area contributed by atoms with Gasteiger partial charge in [0.25, 0.3) is 5.69 Å². The largest absolute Gasteiger partial charge is 0.459 e. The summed E-state index contributed by atoms with van der Waals surface area (Å²) in [7, 11) is 0. The molecule has 0 atom stereocenters. The van der Waals surface area contributed by atoms with Gasteiger partial charge in [0.2, 0.25) is 0 Å². The topological polar surface area (TPSA) is 75.9 Å². The number of hydrogen-bond acceptors (Lipinski definition) is 6. The summed E-state index contributed by atoms with van der Waals surface area (Å²) >= 11 is 0. The smallest absolute Gasteiger partial charge is 0.338 e. The van der Waals surface area contributed by atoms with Crippen LogP contribution in [0.4, 0.5) is 5.69 Å². The number of nitrogens with zero attached hydrogens (tertiary/aromatic N) is 3. The molecule has 0 aliphatic rings. The van der Waals surface area contributed by atoms with Crippen LogP contribution < -0.4 is 0 Å². The third-order valence-electron chi connectivity index (χ3n) is 4.15. The maximum absolute atomic E-state index is 12.2. The lowest BCUT2D eigenvalue weighted by Gasteiger charge is -2.37. The van der Waals surface area contributed by atoms with Gasteiger partial charge in [-0.05, 0) is 38.3 Å². The van der Waals surface area contributed by atoms with Crippen LogP contribution in [-0.2, 0) is 4.74 Å². The molecule has 0 saturated carbocycles. The number of benzene rings is 1. The van der Waals surface area contributed by atoms with Crippen LogP contribution in [-0.4, -0.2) is 59.6 Å². The highest BCUT2D eigenvalue weighted by Gasteiger charge is 2.23. The van der Waals surface area contributed by atoms with Crippen LogP contribution in [0.2, 0.25) is 0 Å². The molecule has 0 heterocycles. The summed E-state index contributed by atoms with van der Waals surface area (Å²) in [5.41, 5.74) is 0.272. The molecule has 0 amide bonds. The van der Waals surface area contributed by atoms with Gasteiger partial charge < -0.3 is 4.74 Å². The van der Waals surface area contributed by atoms with Crippen molar-refractivity contribution in [3.8, 4) is 0 Å². The van der Waals surface area contributed by atoms with Crippen molar-refractivity contribution >= 4 is 11.7 Å². The number of hydrogen-bond donors (Lipinski definition) is 0. The number of nitro groups is 1. The highest BCUT2D eigenvalue weighted by atomic mass is 16.6. The Labute approximate surface area is 143 Å². The number of nitro benzene ring substituents is 1. The Morgan fingerprint density at radius 1 is 1.04 bits per heavy atom. The normalized spacial score (nSPS) is 11.3. The fourth-order valence-corrected chi connectivity index (χ4v) is 2.68. The maximum Gasteiger partial charge on any atom is 0.338 e. The zero-order valence-corrected chi connectivity index (χ0v) is 14.9. The zero-order chi connectivity index (χ0) is 18.1. The van der Waals surface area contributed by atoms with E-state index in [1.165, 1.54) is 24.3 Å². The molecule has 7 nitrogen and oxygen atoms in total. The van der Waals surface area contributed by atoms with Gasteiger partial charge in [-0.15, -0.1) is 0 Å². The molecule has 0 aliphatic carbocycles. The first-order chi connectivity index (χ1) is 11.5. The minimum absolute atomic E-state index is 0.0250. The van der Waals surface area contributed by atoms with Gasteiger partial charge in [-0.3, -0.25) is 19.9 Å². The molecule has 0 bridgehead atoms. The van der Waals surface area contributed by atoms with Gasteiger partial charge >= 0.3 is 5.97 Å². The zero-order valence-electron chi connectivity index (χ0n) is 14.9. The molecule has 0 aromatic heterocycles. The van der Waals surface area contributed by atoms with Gasteiger partial charge in [0.1, 0.15) is 6.61 Å². The second-order valence-corrected chi connectivity index (χ2v) is 5.33. The average Bonchev–Trinajstić information content (AvgIpc) is 2.60. The van der Waals surface area contributed by atoms with Crippen molar-refractivity contribution in [1.82, 2.24) is 9.80 Å². The van der Waals surface area contributed by atoms with Crippen molar-refractivity contribution in [2.24, 2.45) is 0 Å². The number of carbonyl (C=O) groups excluding carboxylic acids is 1. The van der Waals surface area contributed by atoms with E-state index in [4.69, 9.17) is 4.74 Å². The lowest BCUT2D eigenvalue weighted by atomic mass is 10.2. The third kappa shape index (κ3) is 5.28. The predicted molar refractivity (Wildman–Crippen MR) is 93.0 cm³/mol. The van der Waals surface area contributed by atoms with Crippen LogP contribution in [0.3, 0.4) is 0 Å². The lowest BCUT2D eigenvalue weighted by molar-refractivity contribution is -0.384. The second kappa shape index (κ2) is 10.00. The van der Waals surface area contributed by atoms with Crippen molar-refractivity contribution < 1.29 is 14.5 Å². The van der Waals surface area contributed by atoms with E-state index in [9.17, 15) is 14.9 Å². The average molecular weight is 337 g/mol. The highest BCUT2D eigenvalue weighted by molar-refractivity contribution is 5.89. The van der Waals surface area contributed by atoms with Gasteiger partial charge in [0.05, 0.1) is 16.7 Å². The van der Waals surface area contributed by atoms with E-state index in [0.29, 0.717) is 5.56 Å². The van der Waals surface area contributed by atoms with Crippen LogP contribution in [0.15, 0.2) is 24.3 Å². The summed E-state index contributed by atoms with van der Waals surface area (Å²) in [5.74, 6) is -0.464. The van der Waals surface area contributed by atoms with E-state index < -0.39 is 10.9 Å². The van der Waals surface area contributed by atoms with E-state index in [2.05, 4.69) is 37.5 Å². The number of non-ortho nitro benzene ring substituents is 1. The molecule has 0 saturated heterocycles. The molecule has 1 rings (SSSR count). The van der Waals surface area contributed by atoms with Crippen molar-refractivity contribution in [3.63, 3.8) is 0 Å². The SMILES string of the molecule is CCN(CC)C(COC(=O)c1ccc([N+](=O)[O-])cc1)N(CC)CC. The molecule has 0 spiro atoms. The molecule has 134 valence electrons. The molecule has 0 N–H and O–H groups in total. The van der Waals surface area contributed by atoms with E-state index in [1.807, 2.05) is 0 Å². The minimum Gasteiger partial charge on any atom is -0.459 e. The Hall–Kier alpha value is -1.99. The second-order valence-electron chi connectivity index (χ2n) is 5.33. The van der Waals surface area contributed by atoms with Gasteiger partial charge in [-0.25, -0.2) is 4.79 Å². The van der Waals surface area contributed by atoms with E-state index in [0.717, 1.165) is 26.2 Å². The van der Waals surface area contributed by atoms with Crippen LogP contribution in [0.5, 0.6) is 0 Å². The van der Waals surface area contributed by atoms with Crippen molar-refractivity contribution in [3.05, 3.63) is 39.9 Å². The summed E-state index contributed by atoms with van der Waals surface area (Å²) < 4.78 is 5.47. The van der Waals surface area contributed by atoms with Gasteiger partial charge in [-0.1, -0.05) is 27.7 Å². The Bertz CT molecular complexity index is 513. The fraction of sp³-hybridized carbons (Fsp3) is 0.588. The molecular weight excluding hydrogens is 310 g/mol. The molecule has 1 aromatic carbocycles. The number of likely N-dealkylation sites (N-methyl/N-ethyl adjacent to an activating group) is 2. The van der Waals surface area contributed by atoms with Gasteiger partial charge in [0.15, 0.2) is 0 Å². The van der Waals surface area contributed by atoms with Gasteiger partial charge in [0, 0.05) is 12.1 Å². The fourth-order valence-electron chi connectivity index (χ4n) is 2.68. The monoisotopic (exact) mass is 337 g/mol. The molecule has 24 heavy (non-hydrogen) atoms. The Balaban J connectivity index is 2.77. The predicted octanol–water partition coefficient (Wildman–Crippen LogP) is 2.76. The molecule has 0 fully saturated rings. The molecule has 1 aromatic rings. The van der Waals surface area contributed by atoms with Crippen LogP contribution in [0.25, 0.3) is 0 Å². The summed E-state index contributed by atoms with van der Waals surface area (Å²) in [4.78, 5) is 26.9. The summed E-state index contributed by atoms with van der Waals surface area (Å²) in [6, 6.07) is 5.46. The van der Waals surface area contributed by atoms with E-state index in [1.54, 1.807) is 0 Å².